The highest BCUT2D eigenvalue weighted by Gasteiger charge is 2.30. The smallest absolute Gasteiger partial charge is 0.0702 e. The molecule has 1 N–H and O–H groups in total. The molecule has 0 amide bonds. The van der Waals surface area contributed by atoms with E-state index in [1.807, 2.05) is 0 Å². The number of ether oxygens (including phenoxy) is 1. The molecule has 3 atom stereocenters. The van der Waals surface area contributed by atoms with E-state index in [0.717, 1.165) is 32.5 Å². The molecule has 94 valence electrons. The van der Waals surface area contributed by atoms with Crippen LogP contribution in [0, 0.1) is 0 Å². The topological polar surface area (TPSA) is 32.7 Å². The minimum atomic E-state index is -0.116. The lowest BCUT2D eigenvalue weighted by molar-refractivity contribution is -0.00558. The van der Waals surface area contributed by atoms with Crippen molar-refractivity contribution in [1.29, 1.82) is 0 Å². The van der Waals surface area contributed by atoms with Crippen LogP contribution in [0.25, 0.3) is 0 Å². The number of hydrogen-bond donors (Lipinski definition) is 1. The molecule has 0 aromatic heterocycles. The van der Waals surface area contributed by atoms with Crippen LogP contribution >= 0.6 is 0 Å². The third-order valence-corrected chi connectivity index (χ3v) is 4.03. The lowest BCUT2D eigenvalue weighted by Crippen LogP contribution is -2.48. The van der Waals surface area contributed by atoms with Gasteiger partial charge in [-0.15, -0.1) is 0 Å². The van der Waals surface area contributed by atoms with Crippen LogP contribution in [0.15, 0.2) is 0 Å². The minimum absolute atomic E-state index is 0.116. The van der Waals surface area contributed by atoms with E-state index in [9.17, 15) is 5.11 Å². The first-order valence-corrected chi connectivity index (χ1v) is 6.85. The maximum Gasteiger partial charge on any atom is 0.0702 e. The highest BCUT2D eigenvalue weighted by Crippen LogP contribution is 2.24. The standard InChI is InChI=1S/C13H25NO2/c1-2-14(10-11-6-5-9-16-11)12-7-3-4-8-13(12)15/h11-13,15H,2-10H2,1H3. The quantitative estimate of drug-likeness (QED) is 0.795. The fourth-order valence-corrected chi connectivity index (χ4v) is 3.07. The fourth-order valence-electron chi connectivity index (χ4n) is 3.07. The van der Waals surface area contributed by atoms with Gasteiger partial charge in [0, 0.05) is 19.2 Å². The molecule has 0 spiro atoms. The van der Waals surface area contributed by atoms with Crippen molar-refractivity contribution in [3.05, 3.63) is 0 Å². The highest BCUT2D eigenvalue weighted by molar-refractivity contribution is 4.84. The van der Waals surface area contributed by atoms with Gasteiger partial charge in [-0.2, -0.15) is 0 Å². The van der Waals surface area contributed by atoms with E-state index in [2.05, 4.69) is 11.8 Å². The molecule has 0 bridgehead atoms. The summed E-state index contributed by atoms with van der Waals surface area (Å²) in [5.41, 5.74) is 0. The second-order valence-electron chi connectivity index (χ2n) is 5.14. The summed E-state index contributed by atoms with van der Waals surface area (Å²) in [5.74, 6) is 0. The third-order valence-electron chi connectivity index (χ3n) is 4.03. The normalized spacial score (nSPS) is 35.8. The Hall–Kier alpha value is -0.120. The van der Waals surface area contributed by atoms with Crippen molar-refractivity contribution in [2.75, 3.05) is 19.7 Å². The zero-order valence-corrected chi connectivity index (χ0v) is 10.4. The second kappa shape index (κ2) is 5.99. The van der Waals surface area contributed by atoms with Crippen molar-refractivity contribution in [2.45, 2.75) is 63.7 Å². The lowest BCUT2D eigenvalue weighted by Gasteiger charge is -2.38. The molecule has 3 unspecified atom stereocenters. The summed E-state index contributed by atoms with van der Waals surface area (Å²) in [6.45, 7) is 5.16. The van der Waals surface area contributed by atoms with Gasteiger partial charge in [-0.1, -0.05) is 19.8 Å². The average Bonchev–Trinajstić information content (AvgIpc) is 2.80. The van der Waals surface area contributed by atoms with Crippen molar-refractivity contribution >= 4 is 0 Å². The minimum Gasteiger partial charge on any atom is -0.391 e. The molecule has 1 aliphatic carbocycles. The zero-order chi connectivity index (χ0) is 11.4. The van der Waals surface area contributed by atoms with Gasteiger partial charge in [0.25, 0.3) is 0 Å². The molecule has 0 radical (unpaired) electrons. The van der Waals surface area contributed by atoms with Gasteiger partial charge in [0.05, 0.1) is 12.2 Å². The Morgan fingerprint density at radius 3 is 2.62 bits per heavy atom. The fraction of sp³-hybridized carbons (Fsp3) is 1.00. The van der Waals surface area contributed by atoms with Crippen LogP contribution < -0.4 is 0 Å². The maximum atomic E-state index is 10.1. The Balaban J connectivity index is 1.86. The molecule has 3 heteroatoms. The van der Waals surface area contributed by atoms with Crippen molar-refractivity contribution in [1.82, 2.24) is 4.90 Å². The molecule has 1 saturated carbocycles. The Morgan fingerprint density at radius 2 is 2.00 bits per heavy atom. The summed E-state index contributed by atoms with van der Waals surface area (Å²) < 4.78 is 5.69. The Morgan fingerprint density at radius 1 is 1.19 bits per heavy atom. The average molecular weight is 227 g/mol. The number of rotatable bonds is 4. The molecule has 1 heterocycles. The van der Waals surface area contributed by atoms with Gasteiger partial charge in [0.15, 0.2) is 0 Å². The number of nitrogens with zero attached hydrogens (tertiary/aromatic N) is 1. The number of aliphatic hydroxyl groups is 1. The molecular weight excluding hydrogens is 202 g/mol. The molecular formula is C13H25NO2. The first kappa shape index (κ1) is 12.3. The zero-order valence-electron chi connectivity index (χ0n) is 10.4. The van der Waals surface area contributed by atoms with E-state index in [-0.39, 0.29) is 6.10 Å². The van der Waals surface area contributed by atoms with Crippen molar-refractivity contribution in [3.63, 3.8) is 0 Å². The Bertz CT molecular complexity index is 204. The van der Waals surface area contributed by atoms with Gasteiger partial charge in [0.1, 0.15) is 0 Å². The summed E-state index contributed by atoms with van der Waals surface area (Å²) >= 11 is 0. The van der Waals surface area contributed by atoms with Gasteiger partial charge < -0.3 is 9.84 Å². The molecule has 2 rings (SSSR count). The third kappa shape index (κ3) is 2.96. The number of hydrogen-bond acceptors (Lipinski definition) is 3. The van der Waals surface area contributed by atoms with Crippen LogP contribution in [-0.2, 0) is 4.74 Å². The van der Waals surface area contributed by atoms with Gasteiger partial charge in [-0.25, -0.2) is 0 Å². The SMILES string of the molecule is CCN(CC1CCCO1)C1CCCCC1O. The number of likely N-dealkylation sites (N-methyl/N-ethyl adjacent to an activating group) is 1. The van der Waals surface area contributed by atoms with Gasteiger partial charge >= 0.3 is 0 Å². The van der Waals surface area contributed by atoms with E-state index >= 15 is 0 Å². The molecule has 3 nitrogen and oxygen atoms in total. The van der Waals surface area contributed by atoms with Crippen molar-refractivity contribution in [2.24, 2.45) is 0 Å². The molecule has 2 fully saturated rings. The van der Waals surface area contributed by atoms with Crippen LogP contribution in [0.2, 0.25) is 0 Å². The van der Waals surface area contributed by atoms with Gasteiger partial charge in [-0.3, -0.25) is 4.90 Å². The predicted molar refractivity (Wildman–Crippen MR) is 64.5 cm³/mol. The van der Waals surface area contributed by atoms with E-state index in [1.165, 1.54) is 25.7 Å². The predicted octanol–water partition coefficient (Wildman–Crippen LogP) is 1.79. The molecule has 0 aromatic carbocycles. The monoisotopic (exact) mass is 227 g/mol. The first-order valence-electron chi connectivity index (χ1n) is 6.85. The summed E-state index contributed by atoms with van der Waals surface area (Å²) in [4.78, 5) is 2.43. The summed E-state index contributed by atoms with van der Waals surface area (Å²) in [6.07, 6.45) is 7.28. The maximum absolute atomic E-state index is 10.1. The summed E-state index contributed by atoms with van der Waals surface area (Å²) in [6, 6.07) is 0.378. The van der Waals surface area contributed by atoms with E-state index in [1.54, 1.807) is 0 Å². The van der Waals surface area contributed by atoms with Crippen molar-refractivity contribution < 1.29 is 9.84 Å². The van der Waals surface area contributed by atoms with Gasteiger partial charge in [0.2, 0.25) is 0 Å². The molecule has 2 aliphatic rings. The van der Waals surface area contributed by atoms with Crippen LogP contribution in [-0.4, -0.2) is 48.0 Å². The van der Waals surface area contributed by atoms with Gasteiger partial charge in [-0.05, 0) is 32.2 Å². The molecule has 1 aliphatic heterocycles. The van der Waals surface area contributed by atoms with Crippen LogP contribution in [0.5, 0.6) is 0 Å². The van der Waals surface area contributed by atoms with E-state index in [4.69, 9.17) is 4.74 Å². The van der Waals surface area contributed by atoms with E-state index in [0.29, 0.717) is 12.1 Å². The summed E-state index contributed by atoms with van der Waals surface area (Å²) in [7, 11) is 0. The lowest BCUT2D eigenvalue weighted by atomic mass is 9.91. The van der Waals surface area contributed by atoms with Crippen LogP contribution in [0.4, 0.5) is 0 Å². The van der Waals surface area contributed by atoms with Crippen molar-refractivity contribution in [3.8, 4) is 0 Å². The second-order valence-corrected chi connectivity index (χ2v) is 5.14. The molecule has 1 saturated heterocycles. The largest absolute Gasteiger partial charge is 0.391 e. The molecule has 0 aromatic rings. The van der Waals surface area contributed by atoms with Crippen LogP contribution in [0.1, 0.15) is 45.4 Å². The first-order chi connectivity index (χ1) is 7.81. The summed E-state index contributed by atoms with van der Waals surface area (Å²) in [5, 5.41) is 10.1. The van der Waals surface area contributed by atoms with Crippen LogP contribution in [0.3, 0.4) is 0 Å². The number of aliphatic hydroxyl groups excluding tert-OH is 1. The Labute approximate surface area is 98.8 Å². The highest BCUT2D eigenvalue weighted by atomic mass is 16.5. The Kier molecular flexibility index (Phi) is 4.62. The molecule has 16 heavy (non-hydrogen) atoms. The van der Waals surface area contributed by atoms with E-state index < -0.39 is 0 Å².